The van der Waals surface area contributed by atoms with E-state index in [1.54, 1.807) is 35.2 Å². The van der Waals surface area contributed by atoms with Crippen molar-refractivity contribution in [3.8, 4) is 0 Å². The van der Waals surface area contributed by atoms with Gasteiger partial charge in [0.1, 0.15) is 5.70 Å². The van der Waals surface area contributed by atoms with Gasteiger partial charge in [-0.2, -0.15) is 0 Å². The first-order valence-electron chi connectivity index (χ1n) is 9.19. The lowest BCUT2D eigenvalue weighted by molar-refractivity contribution is -0.115. The van der Waals surface area contributed by atoms with Crippen molar-refractivity contribution < 1.29 is 9.59 Å². The number of hydrogen-bond donors (Lipinski definition) is 2. The van der Waals surface area contributed by atoms with Gasteiger partial charge >= 0.3 is 0 Å². The zero-order valence-corrected chi connectivity index (χ0v) is 17.3. The Morgan fingerprint density at radius 2 is 1.57 bits per heavy atom. The summed E-state index contributed by atoms with van der Waals surface area (Å²) in [4.78, 5) is 26.8. The predicted octanol–water partition coefficient (Wildman–Crippen LogP) is 4.13. The molecule has 1 saturated heterocycles. The molecule has 0 radical (unpaired) electrons. The molecule has 30 heavy (non-hydrogen) atoms. The Kier molecular flexibility index (Phi) is 5.72. The second-order valence-electron chi connectivity index (χ2n) is 6.45. The average Bonchev–Trinajstić information content (AvgIpc) is 3.09. The van der Waals surface area contributed by atoms with Crippen LogP contribution in [0.15, 0.2) is 100 Å². The number of amides is 2. The van der Waals surface area contributed by atoms with E-state index in [1.165, 1.54) is 0 Å². The summed E-state index contributed by atoms with van der Waals surface area (Å²) >= 11 is 3.34. The molecule has 4 rings (SSSR count). The number of hydrazone groups is 1. The second-order valence-corrected chi connectivity index (χ2v) is 7.36. The number of hydrogen-bond acceptors (Lipinski definition) is 3. The van der Waals surface area contributed by atoms with E-state index in [0.29, 0.717) is 11.3 Å². The van der Waals surface area contributed by atoms with Crippen LogP contribution in [0.1, 0.15) is 15.9 Å². The molecule has 0 unspecified atom stereocenters. The van der Waals surface area contributed by atoms with Crippen molar-refractivity contribution in [3.63, 3.8) is 0 Å². The minimum atomic E-state index is -0.377. The van der Waals surface area contributed by atoms with Crippen molar-refractivity contribution in [3.05, 3.63) is 106 Å². The Bertz CT molecular complexity index is 1130. The first-order chi connectivity index (χ1) is 14.6. The first kappa shape index (κ1) is 19.6. The molecular formula is C23H17BrN4O2. The van der Waals surface area contributed by atoms with Gasteiger partial charge in [0.15, 0.2) is 0 Å². The van der Waals surface area contributed by atoms with Crippen LogP contribution in [0.3, 0.4) is 0 Å². The molecule has 2 N–H and O–H groups in total. The summed E-state index contributed by atoms with van der Waals surface area (Å²) in [6.45, 7) is 0. The van der Waals surface area contributed by atoms with Crippen molar-refractivity contribution in [1.29, 1.82) is 0 Å². The lowest BCUT2D eigenvalue weighted by atomic mass is 10.2. The number of benzene rings is 3. The van der Waals surface area contributed by atoms with E-state index >= 15 is 0 Å². The third-order valence-corrected chi connectivity index (χ3v) is 4.93. The number of carbonyl (C=O) groups excluding carboxylic acids is 2. The fourth-order valence-corrected chi connectivity index (χ4v) is 3.22. The minimum absolute atomic E-state index is 0.221. The Morgan fingerprint density at radius 1 is 0.933 bits per heavy atom. The largest absolute Gasteiger partial charge is 0.289 e. The maximum absolute atomic E-state index is 12.7. The number of para-hydroxylation sites is 1. The van der Waals surface area contributed by atoms with E-state index in [9.17, 15) is 9.59 Å². The van der Waals surface area contributed by atoms with Crippen LogP contribution in [-0.2, 0) is 4.79 Å². The maximum atomic E-state index is 12.7. The Morgan fingerprint density at radius 3 is 2.23 bits per heavy atom. The number of carbonyl (C=O) groups is 2. The fourth-order valence-electron chi connectivity index (χ4n) is 2.96. The van der Waals surface area contributed by atoms with E-state index in [4.69, 9.17) is 0 Å². The summed E-state index contributed by atoms with van der Waals surface area (Å²) in [5.41, 5.74) is 5.00. The molecule has 0 saturated carbocycles. The van der Waals surface area contributed by atoms with Crippen LogP contribution in [0.2, 0.25) is 0 Å². The second kappa shape index (κ2) is 8.75. The molecule has 6 nitrogen and oxygen atoms in total. The number of rotatable bonds is 4. The standard InChI is InChI=1S/C23H17BrN4O2/c24-18-13-11-17(12-14-18)21(29)26-27-23-25-22(30)20(15-16-7-3-1-4-8-16)28(23)19-9-5-2-6-10-19/h1-15H,(H,26,29)(H,25,27,30). The van der Waals surface area contributed by atoms with Crippen LogP contribution in [0.5, 0.6) is 0 Å². The van der Waals surface area contributed by atoms with Gasteiger partial charge in [-0.25, -0.2) is 5.43 Å². The molecular weight excluding hydrogens is 444 g/mol. The van der Waals surface area contributed by atoms with Gasteiger partial charge in [-0.15, -0.1) is 5.10 Å². The molecule has 3 aromatic carbocycles. The highest BCUT2D eigenvalue weighted by Gasteiger charge is 2.33. The molecule has 2 amide bonds. The summed E-state index contributed by atoms with van der Waals surface area (Å²) in [6.07, 6.45) is 1.78. The van der Waals surface area contributed by atoms with Crippen LogP contribution >= 0.6 is 15.9 Å². The topological polar surface area (TPSA) is 73.8 Å². The fraction of sp³-hybridized carbons (Fsp3) is 0. The zero-order valence-electron chi connectivity index (χ0n) is 15.7. The number of nitrogens with one attached hydrogen (secondary N) is 2. The normalized spacial score (nSPS) is 16.0. The molecule has 0 bridgehead atoms. The Balaban J connectivity index is 1.67. The lowest BCUT2D eigenvalue weighted by Gasteiger charge is -2.18. The quantitative estimate of drug-likeness (QED) is 0.454. The lowest BCUT2D eigenvalue weighted by Crippen LogP contribution is -2.33. The number of anilines is 1. The third kappa shape index (κ3) is 4.31. The van der Waals surface area contributed by atoms with Gasteiger partial charge in [-0.05, 0) is 48.0 Å². The number of nitrogens with zero attached hydrogens (tertiary/aromatic N) is 2. The van der Waals surface area contributed by atoms with Gasteiger partial charge in [-0.3, -0.25) is 19.8 Å². The highest BCUT2D eigenvalue weighted by atomic mass is 79.9. The van der Waals surface area contributed by atoms with Crippen LogP contribution in [0.25, 0.3) is 6.08 Å². The molecule has 1 aliphatic heterocycles. The van der Waals surface area contributed by atoms with Gasteiger partial charge in [0, 0.05) is 15.7 Å². The Hall–Kier alpha value is -3.71. The molecule has 1 aliphatic rings. The van der Waals surface area contributed by atoms with E-state index < -0.39 is 0 Å². The van der Waals surface area contributed by atoms with E-state index in [-0.39, 0.29) is 17.8 Å². The smallest absolute Gasteiger partial charge is 0.275 e. The van der Waals surface area contributed by atoms with E-state index in [2.05, 4.69) is 31.8 Å². The molecule has 0 atom stereocenters. The van der Waals surface area contributed by atoms with Crippen LogP contribution in [-0.4, -0.2) is 17.8 Å². The highest BCUT2D eigenvalue weighted by molar-refractivity contribution is 9.10. The Labute approximate surface area is 182 Å². The van der Waals surface area contributed by atoms with E-state index in [1.807, 2.05) is 60.7 Å². The van der Waals surface area contributed by atoms with Crippen molar-refractivity contribution in [2.45, 2.75) is 0 Å². The van der Waals surface area contributed by atoms with Crippen LogP contribution in [0, 0.1) is 0 Å². The molecule has 7 heteroatoms. The SMILES string of the molecule is O=C1N/C(=N\NC(=O)c2ccc(Br)cc2)N(c2ccccc2)C1=Cc1ccccc1. The average molecular weight is 461 g/mol. The summed E-state index contributed by atoms with van der Waals surface area (Å²) in [5, 5.41) is 6.92. The summed E-state index contributed by atoms with van der Waals surface area (Å²) < 4.78 is 0.874. The van der Waals surface area contributed by atoms with Gasteiger partial charge in [0.25, 0.3) is 11.8 Å². The van der Waals surface area contributed by atoms with Crippen LogP contribution in [0.4, 0.5) is 5.69 Å². The van der Waals surface area contributed by atoms with Crippen LogP contribution < -0.4 is 15.6 Å². The number of guanidine groups is 1. The molecule has 0 aromatic heterocycles. The third-order valence-electron chi connectivity index (χ3n) is 4.40. The maximum Gasteiger partial charge on any atom is 0.275 e. The highest BCUT2D eigenvalue weighted by Crippen LogP contribution is 2.25. The van der Waals surface area contributed by atoms with Gasteiger partial charge < -0.3 is 0 Å². The first-order valence-corrected chi connectivity index (χ1v) is 9.98. The molecule has 1 fully saturated rings. The summed E-state index contributed by atoms with van der Waals surface area (Å²) in [6, 6.07) is 25.8. The summed E-state index contributed by atoms with van der Waals surface area (Å²) in [7, 11) is 0. The zero-order chi connectivity index (χ0) is 20.9. The van der Waals surface area contributed by atoms with Crippen molar-refractivity contribution >= 4 is 45.5 Å². The molecule has 0 spiro atoms. The predicted molar refractivity (Wildman–Crippen MR) is 121 cm³/mol. The molecule has 3 aromatic rings. The molecule has 148 valence electrons. The molecule has 1 heterocycles. The number of halogens is 1. The van der Waals surface area contributed by atoms with Crippen molar-refractivity contribution in [1.82, 2.24) is 10.7 Å². The van der Waals surface area contributed by atoms with E-state index in [0.717, 1.165) is 15.7 Å². The monoisotopic (exact) mass is 460 g/mol. The summed E-state index contributed by atoms with van der Waals surface area (Å²) in [5.74, 6) is -0.462. The van der Waals surface area contributed by atoms with Gasteiger partial charge in [0.2, 0.25) is 5.96 Å². The van der Waals surface area contributed by atoms with Crippen molar-refractivity contribution in [2.75, 3.05) is 4.90 Å². The molecule has 0 aliphatic carbocycles. The van der Waals surface area contributed by atoms with Crippen molar-refractivity contribution in [2.24, 2.45) is 5.10 Å². The minimum Gasteiger partial charge on any atom is -0.289 e. The van der Waals surface area contributed by atoms with Gasteiger partial charge in [-0.1, -0.05) is 64.5 Å². The van der Waals surface area contributed by atoms with Gasteiger partial charge in [0.05, 0.1) is 0 Å².